The van der Waals surface area contributed by atoms with Gasteiger partial charge in [-0.1, -0.05) is 0 Å². The Hall–Kier alpha value is -3.20. The van der Waals surface area contributed by atoms with Crippen LogP contribution in [0.15, 0.2) is 48.8 Å². The van der Waals surface area contributed by atoms with Gasteiger partial charge in [-0.15, -0.1) is 0 Å². The van der Waals surface area contributed by atoms with E-state index < -0.39 is 11.7 Å². The van der Waals surface area contributed by atoms with E-state index in [2.05, 4.69) is 15.3 Å². The Kier molecular flexibility index (Phi) is 8.08. The minimum Gasteiger partial charge on any atom is -0.481 e. The van der Waals surface area contributed by atoms with E-state index in [-0.39, 0.29) is 23.8 Å². The Balaban J connectivity index is 1.47. The third-order valence-corrected chi connectivity index (χ3v) is 6.91. The topological polar surface area (TPSA) is 73.3 Å². The van der Waals surface area contributed by atoms with E-state index >= 15 is 0 Å². The maximum Gasteiger partial charge on any atom is 0.416 e. The Labute approximate surface area is 208 Å². The number of methoxy groups -OCH3 is 1. The molecule has 1 aliphatic carbocycles. The third kappa shape index (κ3) is 5.95. The fraction of sp³-hybridized carbons (Fsp3) is 0.444. The molecule has 0 spiro atoms. The summed E-state index contributed by atoms with van der Waals surface area (Å²) in [4.78, 5) is 21.2. The van der Waals surface area contributed by atoms with Gasteiger partial charge in [0.1, 0.15) is 0 Å². The minimum absolute atomic E-state index is 0.129. The summed E-state index contributed by atoms with van der Waals surface area (Å²) in [6.45, 7) is 2.84. The number of carbonyl (C=O) groups excluding carboxylic acids is 1. The molecule has 192 valence electrons. The number of alkyl halides is 3. The monoisotopic (exact) mass is 501 g/mol. The Morgan fingerprint density at radius 3 is 2.53 bits per heavy atom. The molecule has 1 aromatic carbocycles. The van der Waals surface area contributed by atoms with Crippen LogP contribution < -0.4 is 10.1 Å². The number of carbonyl (C=O) groups is 1. The predicted octanol–water partition coefficient (Wildman–Crippen LogP) is 5.77. The van der Waals surface area contributed by atoms with Crippen molar-refractivity contribution in [2.75, 3.05) is 20.3 Å². The number of halogens is 3. The lowest BCUT2D eigenvalue weighted by molar-refractivity contribution is -0.137. The number of pyridine rings is 2. The van der Waals surface area contributed by atoms with Gasteiger partial charge in [-0.2, -0.15) is 13.2 Å². The summed E-state index contributed by atoms with van der Waals surface area (Å²) >= 11 is 0. The normalized spacial score (nSPS) is 19.1. The summed E-state index contributed by atoms with van der Waals surface area (Å²) in [5.74, 6) is 0.532. The molecular weight excluding hydrogens is 471 g/mol. The maximum atomic E-state index is 13.3. The Morgan fingerprint density at radius 1 is 1.11 bits per heavy atom. The lowest BCUT2D eigenvalue weighted by atomic mass is 9.75. The zero-order valence-electron chi connectivity index (χ0n) is 20.3. The van der Waals surface area contributed by atoms with E-state index in [0.29, 0.717) is 35.6 Å². The van der Waals surface area contributed by atoms with Crippen LogP contribution in [0.2, 0.25) is 0 Å². The third-order valence-electron chi connectivity index (χ3n) is 6.91. The van der Waals surface area contributed by atoms with E-state index in [1.165, 1.54) is 25.4 Å². The summed E-state index contributed by atoms with van der Waals surface area (Å²) in [6, 6.07) is 8.70. The van der Waals surface area contributed by atoms with Crippen molar-refractivity contribution >= 4 is 16.8 Å². The van der Waals surface area contributed by atoms with Crippen molar-refractivity contribution in [2.24, 2.45) is 5.92 Å². The Bertz CT molecular complexity index is 1180. The lowest BCUT2D eigenvalue weighted by Crippen LogP contribution is -2.44. The van der Waals surface area contributed by atoms with E-state index in [9.17, 15) is 18.0 Å². The van der Waals surface area contributed by atoms with Gasteiger partial charge in [-0.3, -0.25) is 9.78 Å². The van der Waals surface area contributed by atoms with Gasteiger partial charge >= 0.3 is 6.18 Å². The summed E-state index contributed by atoms with van der Waals surface area (Å²) in [5.41, 5.74) is 1.25. The van der Waals surface area contributed by atoms with Crippen molar-refractivity contribution < 1.29 is 27.4 Å². The van der Waals surface area contributed by atoms with Crippen molar-refractivity contribution in [1.29, 1.82) is 0 Å². The van der Waals surface area contributed by atoms with E-state index in [1.54, 1.807) is 18.3 Å². The van der Waals surface area contributed by atoms with Crippen LogP contribution in [-0.4, -0.2) is 42.2 Å². The van der Waals surface area contributed by atoms with Gasteiger partial charge in [0.15, 0.2) is 0 Å². The molecule has 1 fully saturated rings. The van der Waals surface area contributed by atoms with Crippen LogP contribution in [0.5, 0.6) is 5.88 Å². The Morgan fingerprint density at radius 2 is 1.89 bits per heavy atom. The predicted molar refractivity (Wildman–Crippen MR) is 130 cm³/mol. The second kappa shape index (κ2) is 11.2. The number of hydrogen-bond donors (Lipinski definition) is 1. The highest BCUT2D eigenvalue weighted by Crippen LogP contribution is 2.40. The number of aromatic nitrogens is 2. The summed E-state index contributed by atoms with van der Waals surface area (Å²) in [5, 5.41) is 3.66. The van der Waals surface area contributed by atoms with Crippen LogP contribution in [0.1, 0.15) is 60.0 Å². The zero-order chi connectivity index (χ0) is 25.7. The maximum absolute atomic E-state index is 13.3. The van der Waals surface area contributed by atoms with Crippen LogP contribution in [0.3, 0.4) is 0 Å². The molecule has 2 aromatic heterocycles. The summed E-state index contributed by atoms with van der Waals surface area (Å²) < 4.78 is 50.7. The average Bonchev–Trinajstić information content (AvgIpc) is 2.90. The summed E-state index contributed by atoms with van der Waals surface area (Å²) in [7, 11) is 1.51. The first-order valence-corrected chi connectivity index (χ1v) is 12.1. The van der Waals surface area contributed by atoms with Gasteiger partial charge in [-0.05, 0) is 80.3 Å². The van der Waals surface area contributed by atoms with E-state index in [1.807, 2.05) is 13.0 Å². The van der Waals surface area contributed by atoms with Gasteiger partial charge in [0, 0.05) is 30.5 Å². The van der Waals surface area contributed by atoms with Gasteiger partial charge < -0.3 is 14.8 Å². The fourth-order valence-corrected chi connectivity index (χ4v) is 4.96. The molecule has 9 heteroatoms. The van der Waals surface area contributed by atoms with Gasteiger partial charge in [-0.25, -0.2) is 4.98 Å². The van der Waals surface area contributed by atoms with Gasteiger partial charge in [0.25, 0.3) is 5.91 Å². The molecule has 0 radical (unpaired) electrons. The number of benzene rings is 1. The number of nitrogens with zero attached hydrogens (tertiary/aromatic N) is 2. The number of rotatable bonds is 8. The molecule has 3 aromatic rings. The van der Waals surface area contributed by atoms with Crippen molar-refractivity contribution in [3.63, 3.8) is 0 Å². The van der Waals surface area contributed by atoms with Crippen LogP contribution in [0, 0.1) is 5.92 Å². The number of ether oxygens (including phenoxy) is 2. The minimum atomic E-state index is -4.40. The van der Waals surface area contributed by atoms with Crippen LogP contribution >= 0.6 is 0 Å². The SMILES string of the molecule is CCOCC(NC(=O)c1ccc(OC)nc1)C1CCC(c2ccnc3ccc(C(F)(F)F)cc23)CC1. The fourth-order valence-electron chi connectivity index (χ4n) is 4.96. The number of nitrogens with one attached hydrogen (secondary N) is 1. The highest BCUT2D eigenvalue weighted by molar-refractivity contribution is 5.94. The van der Waals surface area contributed by atoms with Crippen LogP contribution in [0.4, 0.5) is 13.2 Å². The molecule has 2 heterocycles. The molecule has 0 bridgehead atoms. The molecule has 1 aliphatic rings. The van der Waals surface area contributed by atoms with Gasteiger partial charge in [0.2, 0.25) is 5.88 Å². The number of amides is 1. The molecule has 1 saturated carbocycles. The molecule has 1 N–H and O–H groups in total. The lowest BCUT2D eigenvalue weighted by Gasteiger charge is -2.34. The van der Waals surface area contributed by atoms with Crippen LogP contribution in [-0.2, 0) is 10.9 Å². The molecule has 1 amide bonds. The van der Waals surface area contributed by atoms with Crippen molar-refractivity contribution in [2.45, 2.75) is 50.7 Å². The molecule has 1 unspecified atom stereocenters. The van der Waals surface area contributed by atoms with Crippen molar-refractivity contribution in [3.05, 3.63) is 65.5 Å². The smallest absolute Gasteiger partial charge is 0.416 e. The first kappa shape index (κ1) is 25.9. The number of fused-ring (bicyclic) bond motifs is 1. The molecule has 6 nitrogen and oxygen atoms in total. The van der Waals surface area contributed by atoms with E-state index in [4.69, 9.17) is 9.47 Å². The van der Waals surface area contributed by atoms with E-state index in [0.717, 1.165) is 37.3 Å². The molecule has 0 aliphatic heterocycles. The highest BCUT2D eigenvalue weighted by atomic mass is 19.4. The van der Waals surface area contributed by atoms with Crippen molar-refractivity contribution in [1.82, 2.24) is 15.3 Å². The average molecular weight is 502 g/mol. The van der Waals surface area contributed by atoms with Gasteiger partial charge in [0.05, 0.1) is 36.4 Å². The largest absolute Gasteiger partial charge is 0.481 e. The summed E-state index contributed by atoms with van der Waals surface area (Å²) in [6.07, 6.45) is 2.01. The highest BCUT2D eigenvalue weighted by Gasteiger charge is 2.33. The standard InChI is InChI=1S/C27H30F3N3O3/c1-3-36-16-24(33-26(34)19-8-11-25(35-2)32-15-19)18-6-4-17(5-7-18)21-12-13-31-23-10-9-20(14-22(21)23)27(28,29)30/h8-15,17-18,24H,3-7,16H2,1-2H3,(H,33,34). The first-order valence-electron chi connectivity index (χ1n) is 12.1. The molecular formula is C27H30F3N3O3. The molecule has 4 rings (SSSR count). The number of hydrogen-bond acceptors (Lipinski definition) is 5. The molecule has 0 saturated heterocycles. The first-order chi connectivity index (χ1) is 17.3. The molecule has 36 heavy (non-hydrogen) atoms. The van der Waals surface area contributed by atoms with Crippen molar-refractivity contribution in [3.8, 4) is 5.88 Å². The quantitative estimate of drug-likeness (QED) is 0.425. The molecule has 1 atom stereocenters. The van der Waals surface area contributed by atoms with Crippen LogP contribution in [0.25, 0.3) is 10.9 Å². The zero-order valence-corrected chi connectivity index (χ0v) is 20.3. The second-order valence-corrected chi connectivity index (χ2v) is 9.07. The second-order valence-electron chi connectivity index (χ2n) is 9.07.